The smallest absolute Gasteiger partial charge is 0.336 e. The summed E-state index contributed by atoms with van der Waals surface area (Å²) in [5, 5.41) is 0.423. The molecule has 11 heteroatoms. The number of aromatic nitrogens is 2. The molecule has 1 aliphatic carbocycles. The van der Waals surface area contributed by atoms with Gasteiger partial charge in [0.15, 0.2) is 5.16 Å². The van der Waals surface area contributed by atoms with Gasteiger partial charge in [0, 0.05) is 36.6 Å². The number of rotatable bonds is 12. The number of fused-ring (bicyclic) bond motifs is 1. The summed E-state index contributed by atoms with van der Waals surface area (Å²) in [6.07, 6.45) is -2.38. The van der Waals surface area contributed by atoms with Crippen LogP contribution in [0.15, 0.2) is 58.5 Å². The molecule has 0 fully saturated rings. The Kier molecular flexibility index (Phi) is 10.2. The lowest BCUT2D eigenvalue weighted by atomic mass is 10.1. The van der Waals surface area contributed by atoms with Crippen molar-refractivity contribution in [2.75, 3.05) is 26.2 Å². The third kappa shape index (κ3) is 7.97. The van der Waals surface area contributed by atoms with Gasteiger partial charge in [0.2, 0.25) is 5.91 Å². The highest BCUT2D eigenvalue weighted by Gasteiger charge is 2.30. The molecule has 41 heavy (non-hydrogen) atoms. The van der Waals surface area contributed by atoms with Gasteiger partial charge in [0.1, 0.15) is 12.4 Å². The van der Waals surface area contributed by atoms with Gasteiger partial charge in [-0.05, 0) is 67.7 Å². The van der Waals surface area contributed by atoms with Crippen LogP contribution in [0.2, 0.25) is 0 Å². The Hall–Kier alpha value is -3.18. The Labute approximate surface area is 241 Å². The van der Waals surface area contributed by atoms with Crippen LogP contribution in [0.5, 0.6) is 0 Å². The first-order chi connectivity index (χ1) is 19.6. The molecule has 1 amide bonds. The van der Waals surface area contributed by atoms with Crippen LogP contribution < -0.4 is 5.56 Å². The van der Waals surface area contributed by atoms with Crippen molar-refractivity contribution in [3.63, 3.8) is 0 Å². The molecule has 0 saturated heterocycles. The van der Waals surface area contributed by atoms with Crippen LogP contribution in [0.1, 0.15) is 48.2 Å². The fourth-order valence-electron chi connectivity index (χ4n) is 4.94. The van der Waals surface area contributed by atoms with Gasteiger partial charge in [-0.3, -0.25) is 9.59 Å². The van der Waals surface area contributed by atoms with Crippen LogP contribution >= 0.6 is 11.8 Å². The highest BCUT2D eigenvalue weighted by atomic mass is 32.2. The molecule has 1 aliphatic rings. The Morgan fingerprint density at radius 1 is 0.976 bits per heavy atom. The molecule has 3 aromatic rings. The lowest BCUT2D eigenvalue weighted by Crippen LogP contribution is -2.40. The summed E-state index contributed by atoms with van der Waals surface area (Å²) in [6.45, 7) is 6.81. The van der Waals surface area contributed by atoms with E-state index >= 15 is 0 Å². The van der Waals surface area contributed by atoms with Gasteiger partial charge in [-0.25, -0.2) is 4.39 Å². The normalized spacial score (nSPS) is 13.0. The van der Waals surface area contributed by atoms with Crippen molar-refractivity contribution < 1.29 is 22.4 Å². The molecule has 1 aromatic heterocycles. The van der Waals surface area contributed by atoms with E-state index in [1.165, 1.54) is 36.0 Å². The van der Waals surface area contributed by atoms with Crippen molar-refractivity contribution in [1.29, 1.82) is 0 Å². The minimum Gasteiger partial charge on any atom is -0.336 e. The summed E-state index contributed by atoms with van der Waals surface area (Å²) in [7, 11) is 0. The quantitative estimate of drug-likeness (QED) is 0.157. The van der Waals surface area contributed by atoms with Crippen LogP contribution in [-0.2, 0) is 42.7 Å². The van der Waals surface area contributed by atoms with E-state index in [2.05, 4.69) is 9.88 Å². The zero-order chi connectivity index (χ0) is 29.6. The van der Waals surface area contributed by atoms with Crippen molar-refractivity contribution in [3.05, 3.63) is 92.6 Å². The van der Waals surface area contributed by atoms with Crippen molar-refractivity contribution in [1.82, 2.24) is 19.4 Å². The first-order valence-corrected chi connectivity index (χ1v) is 14.7. The number of amides is 1. The molecule has 0 unspecified atom stereocenters. The van der Waals surface area contributed by atoms with Crippen molar-refractivity contribution in [2.24, 2.45) is 0 Å². The van der Waals surface area contributed by atoms with Gasteiger partial charge >= 0.3 is 6.18 Å². The summed E-state index contributed by atoms with van der Waals surface area (Å²) in [4.78, 5) is 34.8. The summed E-state index contributed by atoms with van der Waals surface area (Å²) in [5.74, 6) is -0.105. The standard InChI is InChI=1S/C30H34F4N4O2S/c1-3-36(4-2)16-17-37(18-21-8-12-23(13-9-21)30(32,33)34)27(39)19-38-26-7-5-6-25(26)28(40)35-29(38)41-20-22-10-14-24(31)15-11-22/h8-15H,3-7,16-20H2,1-2H3. The minimum absolute atomic E-state index is 0.0414. The molecule has 0 radical (unpaired) electrons. The molecule has 0 N–H and O–H groups in total. The zero-order valence-electron chi connectivity index (χ0n) is 23.2. The third-order valence-corrected chi connectivity index (χ3v) is 8.41. The monoisotopic (exact) mass is 590 g/mol. The third-order valence-electron chi connectivity index (χ3n) is 7.36. The minimum atomic E-state index is -4.43. The van der Waals surface area contributed by atoms with Crippen molar-refractivity contribution in [2.45, 2.75) is 63.3 Å². The number of halogens is 4. The van der Waals surface area contributed by atoms with E-state index in [-0.39, 0.29) is 30.4 Å². The highest BCUT2D eigenvalue weighted by molar-refractivity contribution is 7.98. The maximum Gasteiger partial charge on any atom is 0.416 e. The number of carbonyl (C=O) groups is 1. The number of likely N-dealkylation sites (N-methyl/N-ethyl adjacent to an activating group) is 1. The van der Waals surface area contributed by atoms with Gasteiger partial charge in [0.25, 0.3) is 5.56 Å². The predicted molar refractivity (Wildman–Crippen MR) is 151 cm³/mol. The number of hydrogen-bond donors (Lipinski definition) is 0. The molecule has 0 bridgehead atoms. The summed E-state index contributed by atoms with van der Waals surface area (Å²) in [6, 6.07) is 11.0. The lowest BCUT2D eigenvalue weighted by molar-refractivity contribution is -0.137. The summed E-state index contributed by atoms with van der Waals surface area (Å²) < 4.78 is 54.4. The molecular formula is C30H34F4N4O2S. The van der Waals surface area contributed by atoms with E-state index in [1.54, 1.807) is 17.0 Å². The maximum absolute atomic E-state index is 13.8. The van der Waals surface area contributed by atoms with E-state index < -0.39 is 11.7 Å². The number of nitrogens with zero attached hydrogens (tertiary/aromatic N) is 4. The Morgan fingerprint density at radius 2 is 1.63 bits per heavy atom. The fourth-order valence-corrected chi connectivity index (χ4v) is 5.90. The van der Waals surface area contributed by atoms with Gasteiger partial charge in [-0.1, -0.05) is 49.9 Å². The van der Waals surface area contributed by atoms with Gasteiger partial charge < -0.3 is 14.4 Å². The van der Waals surface area contributed by atoms with Crippen LogP contribution in [0.25, 0.3) is 0 Å². The van der Waals surface area contributed by atoms with Crippen LogP contribution in [0.3, 0.4) is 0 Å². The SMILES string of the molecule is CCN(CC)CCN(Cc1ccc(C(F)(F)F)cc1)C(=O)Cn1c(SCc2ccc(F)cc2)nc(=O)c2c1CCC2. The Balaban J connectivity index is 1.60. The molecular weight excluding hydrogens is 556 g/mol. The predicted octanol–water partition coefficient (Wildman–Crippen LogP) is 5.55. The largest absolute Gasteiger partial charge is 0.416 e. The van der Waals surface area contributed by atoms with E-state index in [9.17, 15) is 27.2 Å². The highest BCUT2D eigenvalue weighted by Crippen LogP contribution is 2.30. The molecule has 1 heterocycles. The van der Waals surface area contributed by atoms with Crippen molar-refractivity contribution >= 4 is 17.7 Å². The van der Waals surface area contributed by atoms with Crippen LogP contribution in [-0.4, -0.2) is 51.4 Å². The van der Waals surface area contributed by atoms with Gasteiger partial charge in [-0.15, -0.1) is 0 Å². The average Bonchev–Trinajstić information content (AvgIpc) is 3.45. The van der Waals surface area contributed by atoms with Crippen molar-refractivity contribution in [3.8, 4) is 0 Å². The van der Waals surface area contributed by atoms with Gasteiger partial charge in [-0.2, -0.15) is 18.2 Å². The van der Waals surface area contributed by atoms with E-state index in [4.69, 9.17) is 0 Å². The van der Waals surface area contributed by atoms with E-state index in [0.717, 1.165) is 42.9 Å². The maximum atomic E-state index is 13.8. The summed E-state index contributed by atoms with van der Waals surface area (Å²) in [5.41, 5.74) is 1.86. The fraction of sp³-hybridized carbons (Fsp3) is 0.433. The second-order valence-electron chi connectivity index (χ2n) is 10.0. The molecule has 0 aliphatic heterocycles. The number of alkyl halides is 3. The first kappa shape index (κ1) is 30.8. The van der Waals surface area contributed by atoms with E-state index in [1.807, 2.05) is 18.4 Å². The molecule has 0 spiro atoms. The number of benzene rings is 2. The zero-order valence-corrected chi connectivity index (χ0v) is 24.0. The lowest BCUT2D eigenvalue weighted by Gasteiger charge is -2.28. The first-order valence-electron chi connectivity index (χ1n) is 13.7. The molecule has 4 rings (SSSR count). The average molecular weight is 591 g/mol. The molecule has 2 aromatic carbocycles. The molecule has 6 nitrogen and oxygen atoms in total. The summed E-state index contributed by atoms with van der Waals surface area (Å²) >= 11 is 1.32. The number of thioether (sulfide) groups is 1. The second kappa shape index (κ2) is 13.7. The molecule has 0 saturated carbocycles. The second-order valence-corrected chi connectivity index (χ2v) is 11.0. The Morgan fingerprint density at radius 3 is 2.27 bits per heavy atom. The van der Waals surface area contributed by atoms with Crippen LogP contribution in [0.4, 0.5) is 17.6 Å². The Bertz CT molecular complexity index is 1390. The topological polar surface area (TPSA) is 58.4 Å². The van der Waals surface area contributed by atoms with Gasteiger partial charge in [0.05, 0.1) is 5.56 Å². The number of hydrogen-bond acceptors (Lipinski definition) is 5. The number of carbonyl (C=O) groups excluding carboxylic acids is 1. The van der Waals surface area contributed by atoms with Crippen LogP contribution in [0, 0.1) is 5.82 Å². The molecule has 0 atom stereocenters. The molecule has 220 valence electrons. The van der Waals surface area contributed by atoms with E-state index in [0.29, 0.717) is 48.0 Å².